The molecule has 0 spiro atoms. The summed E-state index contributed by atoms with van der Waals surface area (Å²) in [6.45, 7) is 2.23. The third-order valence-electron chi connectivity index (χ3n) is 1.62. The molecule has 0 N–H and O–H groups in total. The van der Waals surface area contributed by atoms with Crippen LogP contribution in [0.5, 0.6) is 0 Å². The summed E-state index contributed by atoms with van der Waals surface area (Å²) in [5.74, 6) is 0. The van der Waals surface area contributed by atoms with Crippen molar-refractivity contribution in [2.24, 2.45) is 5.16 Å². The number of nitrogens with zero attached hydrogens (tertiary/aromatic N) is 1. The van der Waals surface area contributed by atoms with Crippen LogP contribution in [0.4, 0.5) is 0 Å². The van der Waals surface area contributed by atoms with Gasteiger partial charge in [-0.05, 0) is 12.8 Å². The first kappa shape index (κ1) is 10.5. The largest absolute Gasteiger partial charge is 0.399 e. The van der Waals surface area contributed by atoms with Crippen LogP contribution in [-0.2, 0) is 4.84 Å². The van der Waals surface area contributed by atoms with Crippen molar-refractivity contribution in [1.29, 1.82) is 0 Å². The van der Waals surface area contributed by atoms with Gasteiger partial charge in [0.15, 0.2) is 0 Å². The molecule has 0 unspecified atom stereocenters. The van der Waals surface area contributed by atoms with Gasteiger partial charge in [0, 0.05) is 6.21 Å². The molecule has 0 aromatic heterocycles. The monoisotopic (exact) mass is 157 g/mol. The van der Waals surface area contributed by atoms with Gasteiger partial charge in [-0.1, -0.05) is 37.8 Å². The maximum atomic E-state index is 4.54. The van der Waals surface area contributed by atoms with Crippen LogP contribution >= 0.6 is 0 Å². The molecule has 0 bridgehead atoms. The van der Waals surface area contributed by atoms with Crippen LogP contribution in [0, 0.1) is 0 Å². The van der Waals surface area contributed by atoms with Gasteiger partial charge in [-0.25, -0.2) is 0 Å². The average Bonchev–Trinajstić information content (AvgIpc) is 2.03. The minimum Gasteiger partial charge on any atom is -0.399 e. The zero-order valence-corrected chi connectivity index (χ0v) is 7.68. The molecule has 0 aliphatic rings. The molecule has 0 aliphatic carbocycles. The number of rotatable bonds is 7. The van der Waals surface area contributed by atoms with Crippen molar-refractivity contribution in [3.8, 4) is 0 Å². The van der Waals surface area contributed by atoms with Gasteiger partial charge in [0.2, 0.25) is 0 Å². The lowest BCUT2D eigenvalue weighted by atomic mass is 10.1. The molecule has 66 valence electrons. The van der Waals surface area contributed by atoms with Crippen molar-refractivity contribution in [3.05, 3.63) is 0 Å². The smallest absolute Gasteiger partial charge is 0.106 e. The quantitative estimate of drug-likeness (QED) is 0.316. The summed E-state index contributed by atoms with van der Waals surface area (Å²) in [5, 5.41) is 3.66. The lowest BCUT2D eigenvalue weighted by Crippen LogP contribution is -1.80. The van der Waals surface area contributed by atoms with Gasteiger partial charge in [0.05, 0.1) is 0 Å². The molecule has 0 rings (SSSR count). The fourth-order valence-corrected chi connectivity index (χ4v) is 0.966. The second-order valence-electron chi connectivity index (χ2n) is 2.67. The first-order chi connectivity index (χ1) is 5.41. The molecule has 0 aromatic carbocycles. The van der Waals surface area contributed by atoms with Gasteiger partial charge in [-0.2, -0.15) is 0 Å². The van der Waals surface area contributed by atoms with Crippen LogP contribution in [0.3, 0.4) is 0 Å². The van der Waals surface area contributed by atoms with Crippen molar-refractivity contribution >= 4 is 6.21 Å². The van der Waals surface area contributed by atoms with E-state index in [9.17, 15) is 0 Å². The topological polar surface area (TPSA) is 21.6 Å². The molecule has 0 fully saturated rings. The van der Waals surface area contributed by atoms with E-state index in [4.69, 9.17) is 0 Å². The van der Waals surface area contributed by atoms with Gasteiger partial charge in [0.25, 0.3) is 0 Å². The second-order valence-corrected chi connectivity index (χ2v) is 2.67. The molecule has 0 radical (unpaired) electrons. The highest BCUT2D eigenvalue weighted by Crippen LogP contribution is 2.03. The molecule has 0 heterocycles. The van der Waals surface area contributed by atoms with Gasteiger partial charge >= 0.3 is 0 Å². The Bertz CT molecular complexity index is 91.6. The Morgan fingerprint density at radius 3 is 2.55 bits per heavy atom. The van der Waals surface area contributed by atoms with Crippen molar-refractivity contribution in [2.45, 2.75) is 45.4 Å². The summed E-state index contributed by atoms with van der Waals surface area (Å²) >= 11 is 0. The fraction of sp³-hybridized carbons (Fsp3) is 0.889. The van der Waals surface area contributed by atoms with E-state index in [2.05, 4.69) is 16.9 Å². The fourth-order valence-electron chi connectivity index (χ4n) is 0.966. The van der Waals surface area contributed by atoms with Crippen molar-refractivity contribution in [2.75, 3.05) is 7.11 Å². The summed E-state index contributed by atoms with van der Waals surface area (Å²) in [5.41, 5.74) is 0. The Labute approximate surface area is 69.6 Å². The summed E-state index contributed by atoms with van der Waals surface area (Å²) in [7, 11) is 1.58. The SMILES string of the molecule is CCCCCCC/C=N/OC. The standard InChI is InChI=1S/C9H19NO/c1-3-4-5-6-7-8-9-10-11-2/h9H,3-8H2,1-2H3/b10-9+. The molecule has 0 saturated heterocycles. The highest BCUT2D eigenvalue weighted by atomic mass is 16.6. The molecule has 0 saturated carbocycles. The Balaban J connectivity index is 2.85. The van der Waals surface area contributed by atoms with Gasteiger partial charge in [-0.3, -0.25) is 0 Å². The van der Waals surface area contributed by atoms with E-state index in [-0.39, 0.29) is 0 Å². The maximum absolute atomic E-state index is 4.54. The van der Waals surface area contributed by atoms with Gasteiger partial charge in [0.1, 0.15) is 7.11 Å². The molecule has 0 amide bonds. The third kappa shape index (κ3) is 9.47. The van der Waals surface area contributed by atoms with Crippen molar-refractivity contribution < 1.29 is 4.84 Å². The number of oxime groups is 1. The lowest BCUT2D eigenvalue weighted by Gasteiger charge is -1.94. The zero-order chi connectivity index (χ0) is 8.36. The summed E-state index contributed by atoms with van der Waals surface area (Å²) < 4.78 is 0. The molecule has 2 heteroatoms. The third-order valence-corrected chi connectivity index (χ3v) is 1.62. The van der Waals surface area contributed by atoms with E-state index in [0.29, 0.717) is 0 Å². The van der Waals surface area contributed by atoms with E-state index >= 15 is 0 Å². The summed E-state index contributed by atoms with van der Waals surface area (Å²) in [6, 6.07) is 0. The van der Waals surface area contributed by atoms with Crippen LogP contribution in [0.25, 0.3) is 0 Å². The molecule has 0 aromatic rings. The van der Waals surface area contributed by atoms with Crippen LogP contribution in [0.15, 0.2) is 5.16 Å². The molecule has 11 heavy (non-hydrogen) atoms. The predicted octanol–water partition coefficient (Wildman–Crippen LogP) is 2.98. The highest BCUT2D eigenvalue weighted by molar-refractivity contribution is 5.55. The molecule has 0 atom stereocenters. The molecule has 2 nitrogen and oxygen atoms in total. The normalized spacial score (nSPS) is 10.7. The van der Waals surface area contributed by atoms with Crippen molar-refractivity contribution in [3.63, 3.8) is 0 Å². The van der Waals surface area contributed by atoms with Gasteiger partial charge < -0.3 is 4.84 Å². The van der Waals surface area contributed by atoms with Crippen molar-refractivity contribution in [1.82, 2.24) is 0 Å². The Morgan fingerprint density at radius 2 is 1.91 bits per heavy atom. The zero-order valence-electron chi connectivity index (χ0n) is 7.68. The first-order valence-corrected chi connectivity index (χ1v) is 4.46. The minimum atomic E-state index is 1.05. The number of unbranched alkanes of at least 4 members (excludes halogenated alkanes) is 5. The lowest BCUT2D eigenvalue weighted by molar-refractivity contribution is 0.214. The maximum Gasteiger partial charge on any atom is 0.106 e. The minimum absolute atomic E-state index is 1.05. The number of hydrogen-bond donors (Lipinski definition) is 0. The average molecular weight is 157 g/mol. The second kappa shape index (κ2) is 9.47. The Hall–Kier alpha value is -0.530. The Morgan fingerprint density at radius 1 is 1.18 bits per heavy atom. The van der Waals surface area contributed by atoms with E-state index in [1.54, 1.807) is 7.11 Å². The highest BCUT2D eigenvalue weighted by Gasteiger charge is 1.86. The summed E-state index contributed by atoms with van der Waals surface area (Å²) in [4.78, 5) is 4.54. The van der Waals surface area contributed by atoms with Crippen LogP contribution in [0.2, 0.25) is 0 Å². The van der Waals surface area contributed by atoms with E-state index < -0.39 is 0 Å². The van der Waals surface area contributed by atoms with Crippen LogP contribution in [0.1, 0.15) is 45.4 Å². The molecular weight excluding hydrogens is 138 g/mol. The van der Waals surface area contributed by atoms with Crippen LogP contribution in [-0.4, -0.2) is 13.3 Å². The predicted molar refractivity (Wildman–Crippen MR) is 48.9 cm³/mol. The van der Waals surface area contributed by atoms with E-state index in [1.807, 2.05) is 6.21 Å². The number of hydrogen-bond acceptors (Lipinski definition) is 2. The van der Waals surface area contributed by atoms with Crippen LogP contribution < -0.4 is 0 Å². The van der Waals surface area contributed by atoms with E-state index in [0.717, 1.165) is 6.42 Å². The Kier molecular flexibility index (Phi) is 9.01. The molecule has 0 aliphatic heterocycles. The van der Waals surface area contributed by atoms with E-state index in [1.165, 1.54) is 32.1 Å². The molecular formula is C9H19NO. The van der Waals surface area contributed by atoms with Gasteiger partial charge in [-0.15, -0.1) is 0 Å². The first-order valence-electron chi connectivity index (χ1n) is 4.46. The summed E-state index contributed by atoms with van der Waals surface area (Å²) in [6.07, 6.45) is 9.49.